The van der Waals surface area contributed by atoms with Crippen LogP contribution in [0, 0.1) is 13.8 Å². The fourth-order valence-electron chi connectivity index (χ4n) is 2.89. The van der Waals surface area contributed by atoms with Crippen molar-refractivity contribution in [2.75, 3.05) is 10.0 Å². The normalized spacial score (nSPS) is 11.8. The predicted octanol–water partition coefficient (Wildman–Crippen LogP) is 4.90. The first-order chi connectivity index (χ1) is 15.4. The molecule has 7 nitrogen and oxygen atoms in total. The number of aromatic nitrogens is 2. The van der Waals surface area contributed by atoms with Crippen molar-refractivity contribution in [2.45, 2.75) is 30.1 Å². The number of sulfonamides is 1. The molecule has 0 radical (unpaired) electrons. The van der Waals surface area contributed by atoms with Gasteiger partial charge in [-0.25, -0.2) is 9.97 Å². The van der Waals surface area contributed by atoms with Gasteiger partial charge in [0.05, 0.1) is 5.56 Å². The molecular weight excluding hydrogens is 477 g/mol. The van der Waals surface area contributed by atoms with Crippen molar-refractivity contribution >= 4 is 39.2 Å². The summed E-state index contributed by atoms with van der Waals surface area (Å²) in [5.74, 6) is -0.604. The molecule has 3 aromatic rings. The average molecular weight is 497 g/mol. The lowest BCUT2D eigenvalue weighted by atomic mass is 10.1. The summed E-state index contributed by atoms with van der Waals surface area (Å²) >= 11 is 1.18. The van der Waals surface area contributed by atoms with Crippen LogP contribution in [0.4, 0.5) is 24.7 Å². The Bertz CT molecular complexity index is 1260. The second-order valence-electron chi connectivity index (χ2n) is 7.08. The Balaban J connectivity index is 1.74. The molecule has 0 aliphatic heterocycles. The third kappa shape index (κ3) is 6.45. The standard InChI is InChI=1S/C21H19F3N4O3S2/c1-13-8-14(2)10-16(9-13)27-19(29)17-4-3-6-26-20(17)32-12-15-5-7-25-18(11-15)28-33(30,31)21(22,23)24/h3-11H,12H2,1-2H3,(H,25,28)(H,27,29). The van der Waals surface area contributed by atoms with Crippen LogP contribution < -0.4 is 10.0 Å². The number of carbonyl (C=O) groups excluding carboxylic acids is 1. The molecule has 0 aliphatic carbocycles. The number of halogens is 3. The minimum atomic E-state index is -5.57. The van der Waals surface area contributed by atoms with Crippen LogP contribution in [0.15, 0.2) is 59.9 Å². The number of nitrogens with one attached hydrogen (secondary N) is 2. The topological polar surface area (TPSA) is 101 Å². The van der Waals surface area contributed by atoms with Gasteiger partial charge in [0.2, 0.25) is 0 Å². The number of amides is 1. The summed E-state index contributed by atoms with van der Waals surface area (Å²) in [5, 5.41) is 3.25. The smallest absolute Gasteiger partial charge is 0.322 e. The molecule has 0 fully saturated rings. The van der Waals surface area contributed by atoms with E-state index in [9.17, 15) is 26.4 Å². The Morgan fingerprint density at radius 3 is 2.39 bits per heavy atom. The van der Waals surface area contributed by atoms with Crippen LogP contribution in [-0.2, 0) is 15.8 Å². The molecule has 3 rings (SSSR count). The summed E-state index contributed by atoms with van der Waals surface area (Å²) in [5.41, 5.74) is -1.99. The van der Waals surface area contributed by atoms with Gasteiger partial charge in [0.25, 0.3) is 5.91 Å². The first-order valence-electron chi connectivity index (χ1n) is 9.46. The SMILES string of the molecule is Cc1cc(C)cc(NC(=O)c2cccnc2SCc2ccnc(NS(=O)(=O)C(F)(F)F)c2)c1. The van der Waals surface area contributed by atoms with Crippen LogP contribution in [0.5, 0.6) is 0 Å². The second kappa shape index (κ2) is 9.79. The van der Waals surface area contributed by atoms with Crippen molar-refractivity contribution in [2.24, 2.45) is 0 Å². The number of nitrogens with zero attached hydrogens (tertiary/aromatic N) is 2. The summed E-state index contributed by atoms with van der Waals surface area (Å²) in [4.78, 5) is 20.7. The van der Waals surface area contributed by atoms with E-state index < -0.39 is 21.3 Å². The first-order valence-corrected chi connectivity index (χ1v) is 11.9. The van der Waals surface area contributed by atoms with Gasteiger partial charge >= 0.3 is 15.5 Å². The highest BCUT2D eigenvalue weighted by molar-refractivity contribution is 7.98. The van der Waals surface area contributed by atoms with Gasteiger partial charge in [0, 0.05) is 23.8 Å². The Hall–Kier alpha value is -3.12. The molecule has 2 heterocycles. The predicted molar refractivity (Wildman–Crippen MR) is 121 cm³/mol. The number of rotatable bonds is 7. The van der Waals surface area contributed by atoms with Gasteiger partial charge in [-0.3, -0.25) is 9.52 Å². The van der Waals surface area contributed by atoms with Crippen LogP contribution >= 0.6 is 11.8 Å². The molecule has 0 unspecified atom stereocenters. The van der Waals surface area contributed by atoms with Gasteiger partial charge in [-0.05, 0) is 66.9 Å². The molecule has 0 saturated heterocycles. The Kier molecular flexibility index (Phi) is 7.28. The molecule has 0 spiro atoms. The van der Waals surface area contributed by atoms with E-state index in [2.05, 4.69) is 15.3 Å². The number of aryl methyl sites for hydroxylation is 2. The fourth-order valence-corrected chi connectivity index (χ4v) is 4.33. The van der Waals surface area contributed by atoms with Gasteiger partial charge in [-0.2, -0.15) is 21.6 Å². The van der Waals surface area contributed by atoms with E-state index in [-0.39, 0.29) is 11.7 Å². The lowest BCUT2D eigenvalue weighted by molar-refractivity contribution is -0.0429. The first kappa shape index (κ1) is 24.5. The molecule has 0 aliphatic rings. The maximum Gasteiger partial charge on any atom is 0.516 e. The zero-order valence-electron chi connectivity index (χ0n) is 17.5. The molecule has 33 heavy (non-hydrogen) atoms. The van der Waals surface area contributed by atoms with Gasteiger partial charge in [-0.1, -0.05) is 6.07 Å². The summed E-state index contributed by atoms with van der Waals surface area (Å²) in [7, 11) is -5.57. The zero-order valence-corrected chi connectivity index (χ0v) is 19.1. The minimum Gasteiger partial charge on any atom is -0.322 e. The maximum absolute atomic E-state index is 12.8. The number of carbonyl (C=O) groups is 1. The van der Waals surface area contributed by atoms with E-state index in [0.29, 0.717) is 21.8 Å². The highest BCUT2D eigenvalue weighted by atomic mass is 32.2. The third-order valence-electron chi connectivity index (χ3n) is 4.24. The third-order valence-corrected chi connectivity index (χ3v) is 6.40. The highest BCUT2D eigenvalue weighted by Crippen LogP contribution is 2.28. The number of hydrogen-bond donors (Lipinski definition) is 2. The monoisotopic (exact) mass is 496 g/mol. The second-order valence-corrected chi connectivity index (χ2v) is 9.71. The van der Waals surface area contributed by atoms with Crippen LogP contribution in [0.2, 0.25) is 0 Å². The Labute approximate surface area is 192 Å². The van der Waals surface area contributed by atoms with Crippen molar-refractivity contribution in [3.05, 3.63) is 77.1 Å². The number of hydrogen-bond acceptors (Lipinski definition) is 6. The summed E-state index contributed by atoms with van der Waals surface area (Å²) in [6.45, 7) is 3.84. The van der Waals surface area contributed by atoms with Crippen molar-refractivity contribution in [3.63, 3.8) is 0 Å². The Morgan fingerprint density at radius 2 is 1.73 bits per heavy atom. The number of alkyl halides is 3. The van der Waals surface area contributed by atoms with Gasteiger partial charge < -0.3 is 5.32 Å². The van der Waals surface area contributed by atoms with Crippen molar-refractivity contribution in [3.8, 4) is 0 Å². The summed E-state index contributed by atoms with van der Waals surface area (Å²) in [6.07, 6.45) is 2.71. The van der Waals surface area contributed by atoms with E-state index in [4.69, 9.17) is 0 Å². The van der Waals surface area contributed by atoms with Crippen molar-refractivity contribution in [1.29, 1.82) is 0 Å². The molecule has 1 aromatic carbocycles. The van der Waals surface area contributed by atoms with Gasteiger partial charge in [-0.15, -0.1) is 11.8 Å². The van der Waals surface area contributed by atoms with Crippen LogP contribution in [-0.4, -0.2) is 29.8 Å². The van der Waals surface area contributed by atoms with E-state index in [1.165, 1.54) is 41.0 Å². The van der Waals surface area contributed by atoms with Gasteiger partial charge in [0.15, 0.2) is 0 Å². The zero-order chi connectivity index (χ0) is 24.2. The Morgan fingerprint density at radius 1 is 1.03 bits per heavy atom. The van der Waals surface area contributed by atoms with Gasteiger partial charge in [0.1, 0.15) is 10.8 Å². The molecule has 0 bridgehead atoms. The molecule has 0 saturated carbocycles. The molecular formula is C21H19F3N4O3S2. The van der Waals surface area contributed by atoms with E-state index in [0.717, 1.165) is 11.1 Å². The molecule has 12 heteroatoms. The van der Waals surface area contributed by atoms with E-state index in [1.54, 1.807) is 12.1 Å². The quantitative estimate of drug-likeness (QED) is 0.451. The number of pyridine rings is 2. The molecule has 1 amide bonds. The molecule has 2 aromatic heterocycles. The fraction of sp³-hybridized carbons (Fsp3) is 0.190. The van der Waals surface area contributed by atoms with Crippen LogP contribution in [0.3, 0.4) is 0 Å². The average Bonchev–Trinajstić information content (AvgIpc) is 2.71. The van der Waals surface area contributed by atoms with E-state index in [1.807, 2.05) is 32.0 Å². The van der Waals surface area contributed by atoms with Crippen LogP contribution in [0.1, 0.15) is 27.0 Å². The minimum absolute atomic E-state index is 0.212. The maximum atomic E-state index is 12.8. The number of benzene rings is 1. The van der Waals surface area contributed by atoms with E-state index >= 15 is 0 Å². The number of thioether (sulfide) groups is 1. The molecule has 2 N–H and O–H groups in total. The summed E-state index contributed by atoms with van der Waals surface area (Å²) in [6, 6.07) is 11.6. The van der Waals surface area contributed by atoms with Crippen molar-refractivity contribution < 1.29 is 26.4 Å². The summed E-state index contributed by atoms with van der Waals surface area (Å²) < 4.78 is 61.7. The number of anilines is 2. The molecule has 0 atom stereocenters. The molecule has 174 valence electrons. The van der Waals surface area contributed by atoms with Crippen LogP contribution in [0.25, 0.3) is 0 Å². The lowest BCUT2D eigenvalue weighted by Gasteiger charge is -2.12. The van der Waals surface area contributed by atoms with Crippen molar-refractivity contribution in [1.82, 2.24) is 9.97 Å². The largest absolute Gasteiger partial charge is 0.516 e. The lowest BCUT2D eigenvalue weighted by Crippen LogP contribution is -2.30. The highest BCUT2D eigenvalue weighted by Gasteiger charge is 2.46.